The summed E-state index contributed by atoms with van der Waals surface area (Å²) in [6.45, 7) is 12.2. The molecule has 0 radical (unpaired) electrons. The van der Waals surface area contributed by atoms with Crippen molar-refractivity contribution in [2.75, 3.05) is 43.4 Å². The van der Waals surface area contributed by atoms with E-state index < -0.39 is 11.8 Å². The van der Waals surface area contributed by atoms with E-state index in [1.807, 2.05) is 19.1 Å². The molecular weight excluding hydrogens is 599 g/mol. The molecule has 0 aromatic heterocycles. The number of likely N-dealkylation sites (tertiary alicyclic amines) is 1. The van der Waals surface area contributed by atoms with Gasteiger partial charge in [0.2, 0.25) is 0 Å². The number of aryl methyl sites for hydroxylation is 1. The zero-order chi connectivity index (χ0) is 33.6. The Morgan fingerprint density at radius 3 is 2.30 bits per heavy atom. The Morgan fingerprint density at radius 2 is 1.62 bits per heavy atom. The highest BCUT2D eigenvalue weighted by atomic mass is 19.1. The molecule has 3 N–H and O–H groups in total. The summed E-state index contributed by atoms with van der Waals surface area (Å²) in [5.74, 6) is 0.785. The minimum Gasteiger partial charge on any atom is -0.490 e. The number of hydrogen-bond donors (Lipinski definition) is 3. The van der Waals surface area contributed by atoms with Gasteiger partial charge in [0.05, 0.1) is 12.3 Å². The van der Waals surface area contributed by atoms with Crippen molar-refractivity contribution < 1.29 is 28.2 Å². The number of amides is 3. The lowest BCUT2D eigenvalue weighted by Crippen LogP contribution is -2.38. The SMILES string of the molecule is CCCCCNC(=O)Nc1cc(OCC)c(Oc2ccc(NC(=O)c3ccc(OC4CCN(CCCC)CC4)c(C)c3)cc2)cc1F. The highest BCUT2D eigenvalue weighted by Gasteiger charge is 2.21. The van der Waals surface area contributed by atoms with Crippen molar-refractivity contribution in [3.05, 3.63) is 71.5 Å². The standard InChI is InChI=1S/C37H49FN4O5/c1-5-8-10-19-39-37(44)41-32-25-34(45-7-3)35(24-31(32)38)47-29-14-12-28(13-15-29)40-36(43)27-11-16-33(26(4)23-27)46-30-17-21-42(22-18-30)20-9-6-2/h11-16,23-25,30H,5-10,17-22H2,1-4H3,(H,40,43)(H2,39,41,44). The number of carbonyl (C=O) groups is 2. The third kappa shape index (κ3) is 10.9. The number of unbranched alkanes of at least 4 members (excludes halogenated alkanes) is 3. The van der Waals surface area contributed by atoms with Gasteiger partial charge in [-0.3, -0.25) is 4.79 Å². The summed E-state index contributed by atoms with van der Waals surface area (Å²) in [5, 5.41) is 8.18. The number of halogens is 1. The quantitative estimate of drug-likeness (QED) is 0.135. The molecule has 1 aliphatic heterocycles. The Hall–Kier alpha value is -4.31. The predicted octanol–water partition coefficient (Wildman–Crippen LogP) is 8.53. The van der Waals surface area contributed by atoms with Crippen molar-refractivity contribution in [1.29, 1.82) is 0 Å². The van der Waals surface area contributed by atoms with E-state index in [1.54, 1.807) is 37.3 Å². The van der Waals surface area contributed by atoms with Crippen LogP contribution in [-0.4, -0.2) is 55.7 Å². The molecule has 4 rings (SSSR count). The molecule has 0 bridgehead atoms. The van der Waals surface area contributed by atoms with Crippen LogP contribution in [0.3, 0.4) is 0 Å². The van der Waals surface area contributed by atoms with Crippen LogP contribution in [0, 0.1) is 12.7 Å². The maximum Gasteiger partial charge on any atom is 0.319 e. The van der Waals surface area contributed by atoms with E-state index in [0.29, 0.717) is 30.2 Å². The van der Waals surface area contributed by atoms with Gasteiger partial charge >= 0.3 is 6.03 Å². The lowest BCUT2D eigenvalue weighted by molar-refractivity contribution is 0.0991. The van der Waals surface area contributed by atoms with Crippen LogP contribution in [0.25, 0.3) is 0 Å². The number of anilines is 2. The Morgan fingerprint density at radius 1 is 0.872 bits per heavy atom. The average molecular weight is 649 g/mol. The number of ether oxygens (including phenoxy) is 3. The maximum atomic E-state index is 14.9. The van der Waals surface area contributed by atoms with Crippen molar-refractivity contribution in [2.24, 2.45) is 0 Å². The minimum atomic E-state index is -0.657. The molecule has 3 aromatic carbocycles. The van der Waals surface area contributed by atoms with Crippen molar-refractivity contribution in [3.63, 3.8) is 0 Å². The van der Waals surface area contributed by atoms with Crippen LogP contribution >= 0.6 is 0 Å². The van der Waals surface area contributed by atoms with Gasteiger partial charge in [0.25, 0.3) is 5.91 Å². The maximum absolute atomic E-state index is 14.9. The lowest BCUT2D eigenvalue weighted by Gasteiger charge is -2.32. The van der Waals surface area contributed by atoms with Gasteiger partial charge < -0.3 is 35.1 Å². The van der Waals surface area contributed by atoms with Crippen LogP contribution in [0.2, 0.25) is 0 Å². The molecule has 47 heavy (non-hydrogen) atoms. The summed E-state index contributed by atoms with van der Waals surface area (Å²) < 4.78 is 32.8. The van der Waals surface area contributed by atoms with Gasteiger partial charge in [-0.1, -0.05) is 33.1 Å². The zero-order valence-electron chi connectivity index (χ0n) is 28.1. The Bertz CT molecular complexity index is 1460. The van der Waals surface area contributed by atoms with Gasteiger partial charge in [-0.2, -0.15) is 0 Å². The van der Waals surface area contributed by atoms with Crippen LogP contribution in [0.4, 0.5) is 20.6 Å². The summed E-state index contributed by atoms with van der Waals surface area (Å²) in [6.07, 6.45) is 7.55. The van der Waals surface area contributed by atoms with Crippen LogP contribution < -0.4 is 30.2 Å². The molecule has 1 aliphatic rings. The molecule has 0 unspecified atom stereocenters. The van der Waals surface area contributed by atoms with Gasteiger partial charge in [0.15, 0.2) is 17.3 Å². The predicted molar refractivity (Wildman–Crippen MR) is 185 cm³/mol. The fourth-order valence-electron chi connectivity index (χ4n) is 5.39. The number of piperidine rings is 1. The minimum absolute atomic E-state index is 0.00943. The van der Waals surface area contributed by atoms with Crippen molar-refractivity contribution in [2.45, 2.75) is 78.7 Å². The van der Waals surface area contributed by atoms with Crippen LogP contribution in [0.5, 0.6) is 23.0 Å². The number of rotatable bonds is 16. The summed E-state index contributed by atoms with van der Waals surface area (Å²) in [4.78, 5) is 27.8. The largest absolute Gasteiger partial charge is 0.490 e. The number of nitrogens with zero attached hydrogens (tertiary/aromatic N) is 1. The second kappa shape index (κ2) is 18.1. The molecule has 0 aliphatic carbocycles. The number of nitrogens with one attached hydrogen (secondary N) is 3. The van der Waals surface area contributed by atoms with Gasteiger partial charge in [0.1, 0.15) is 17.6 Å². The highest BCUT2D eigenvalue weighted by Crippen LogP contribution is 2.36. The molecule has 10 heteroatoms. The van der Waals surface area contributed by atoms with Crippen molar-refractivity contribution in [3.8, 4) is 23.0 Å². The molecule has 0 atom stereocenters. The number of carbonyl (C=O) groups excluding carboxylic acids is 2. The van der Waals surface area contributed by atoms with E-state index in [-0.39, 0.29) is 29.2 Å². The molecule has 254 valence electrons. The summed E-state index contributed by atoms with van der Waals surface area (Å²) >= 11 is 0. The molecule has 1 saturated heterocycles. The third-order valence-corrected chi connectivity index (χ3v) is 8.08. The topological polar surface area (TPSA) is 101 Å². The smallest absolute Gasteiger partial charge is 0.319 e. The first-order valence-corrected chi connectivity index (χ1v) is 16.9. The monoisotopic (exact) mass is 648 g/mol. The molecule has 9 nitrogen and oxygen atoms in total. The molecular formula is C37H49FN4O5. The molecule has 1 heterocycles. The Kier molecular flexibility index (Phi) is 13.7. The van der Waals surface area contributed by atoms with E-state index in [4.69, 9.17) is 14.2 Å². The number of benzene rings is 3. The first-order chi connectivity index (χ1) is 22.8. The van der Waals surface area contributed by atoms with Crippen LogP contribution in [-0.2, 0) is 0 Å². The fourth-order valence-corrected chi connectivity index (χ4v) is 5.39. The third-order valence-electron chi connectivity index (χ3n) is 8.08. The van der Waals surface area contributed by atoms with Crippen molar-refractivity contribution >= 4 is 23.3 Å². The second-order valence-corrected chi connectivity index (χ2v) is 11.9. The summed E-state index contributed by atoms with van der Waals surface area (Å²) in [6, 6.07) is 14.4. The zero-order valence-corrected chi connectivity index (χ0v) is 28.1. The lowest BCUT2D eigenvalue weighted by atomic mass is 10.1. The molecule has 1 fully saturated rings. The molecule has 3 aromatic rings. The van der Waals surface area contributed by atoms with Crippen LogP contribution in [0.1, 0.15) is 81.6 Å². The Labute approximate surface area is 278 Å². The van der Waals surface area contributed by atoms with Gasteiger partial charge in [-0.05, 0) is 94.1 Å². The number of hydrogen-bond acceptors (Lipinski definition) is 6. The normalized spacial score (nSPS) is 13.6. The van der Waals surface area contributed by atoms with E-state index >= 15 is 0 Å². The Balaban J connectivity index is 1.32. The van der Waals surface area contributed by atoms with Gasteiger partial charge in [-0.25, -0.2) is 9.18 Å². The second-order valence-electron chi connectivity index (χ2n) is 11.9. The van der Waals surface area contributed by atoms with Gasteiger partial charge in [-0.15, -0.1) is 0 Å². The highest BCUT2D eigenvalue weighted by molar-refractivity contribution is 6.04. The molecule has 3 amide bonds. The van der Waals surface area contributed by atoms with Gasteiger partial charge in [0, 0.05) is 43.0 Å². The van der Waals surface area contributed by atoms with E-state index in [1.165, 1.54) is 25.0 Å². The average Bonchev–Trinajstić information content (AvgIpc) is 3.06. The molecule has 0 saturated carbocycles. The van der Waals surface area contributed by atoms with Crippen molar-refractivity contribution in [1.82, 2.24) is 10.2 Å². The summed E-state index contributed by atoms with van der Waals surface area (Å²) in [5.41, 5.74) is 2.02. The van der Waals surface area contributed by atoms with E-state index in [9.17, 15) is 14.0 Å². The first kappa shape index (κ1) is 35.5. The van der Waals surface area contributed by atoms with E-state index in [2.05, 4.69) is 34.7 Å². The number of urea groups is 1. The van der Waals surface area contributed by atoms with E-state index in [0.717, 1.165) is 63.1 Å². The summed E-state index contributed by atoms with van der Waals surface area (Å²) in [7, 11) is 0. The molecule has 0 spiro atoms. The fraction of sp³-hybridized carbons (Fsp3) is 0.459. The first-order valence-electron chi connectivity index (χ1n) is 16.9. The van der Waals surface area contributed by atoms with Crippen LogP contribution in [0.15, 0.2) is 54.6 Å².